The molecule has 0 spiro atoms. The molecule has 1 aromatic heterocycles. The van der Waals surface area contributed by atoms with Gasteiger partial charge in [-0.05, 0) is 42.5 Å². The number of hydrogen-bond acceptors (Lipinski definition) is 2. The normalized spacial score (nSPS) is 30.1. The number of aromatic nitrogens is 1. The molecule has 1 aromatic rings. The van der Waals surface area contributed by atoms with E-state index in [1.165, 1.54) is 30.5 Å². The molecule has 0 aromatic carbocycles. The average Bonchev–Trinajstić information content (AvgIpc) is 2.78. The number of hydrogen-bond donors (Lipinski definition) is 1. The van der Waals surface area contributed by atoms with Crippen LogP contribution in [-0.4, -0.2) is 17.6 Å². The van der Waals surface area contributed by atoms with Crippen molar-refractivity contribution in [2.75, 3.05) is 6.54 Å². The Labute approximate surface area is 84.1 Å². The third-order valence-electron chi connectivity index (χ3n) is 3.29. The van der Waals surface area contributed by atoms with Gasteiger partial charge in [0, 0.05) is 18.4 Å². The van der Waals surface area contributed by atoms with Gasteiger partial charge in [-0.15, -0.1) is 0 Å². The lowest BCUT2D eigenvalue weighted by Gasteiger charge is -2.07. The van der Waals surface area contributed by atoms with Crippen molar-refractivity contribution >= 4 is 5.57 Å². The first-order valence-corrected chi connectivity index (χ1v) is 5.28. The maximum absolute atomic E-state index is 4.16. The fourth-order valence-electron chi connectivity index (χ4n) is 2.54. The zero-order valence-corrected chi connectivity index (χ0v) is 8.11. The van der Waals surface area contributed by atoms with Crippen molar-refractivity contribution in [1.82, 2.24) is 10.3 Å². The molecule has 0 unspecified atom stereocenters. The minimum absolute atomic E-state index is 0.699. The third-order valence-corrected chi connectivity index (χ3v) is 3.29. The highest BCUT2D eigenvalue weighted by Gasteiger charge is 2.31. The Hall–Kier alpha value is -1.15. The second-order valence-corrected chi connectivity index (χ2v) is 4.15. The van der Waals surface area contributed by atoms with Gasteiger partial charge in [-0.1, -0.05) is 12.1 Å². The molecule has 1 fully saturated rings. The molecule has 14 heavy (non-hydrogen) atoms. The molecule has 2 atom stereocenters. The molecule has 0 bridgehead atoms. The van der Waals surface area contributed by atoms with E-state index in [4.69, 9.17) is 0 Å². The van der Waals surface area contributed by atoms with Gasteiger partial charge in [-0.3, -0.25) is 4.98 Å². The molecule has 0 saturated carbocycles. The molecule has 0 radical (unpaired) electrons. The van der Waals surface area contributed by atoms with E-state index in [2.05, 4.69) is 22.4 Å². The highest BCUT2D eigenvalue weighted by molar-refractivity contribution is 5.68. The van der Waals surface area contributed by atoms with Crippen molar-refractivity contribution in [2.45, 2.75) is 18.9 Å². The first-order chi connectivity index (χ1) is 6.93. The van der Waals surface area contributed by atoms with Gasteiger partial charge in [-0.2, -0.15) is 0 Å². The first kappa shape index (κ1) is 8.18. The van der Waals surface area contributed by atoms with Crippen molar-refractivity contribution in [2.24, 2.45) is 5.92 Å². The van der Waals surface area contributed by atoms with Crippen LogP contribution < -0.4 is 5.32 Å². The summed E-state index contributed by atoms with van der Waals surface area (Å²) in [5, 5.41) is 3.55. The largest absolute Gasteiger partial charge is 0.313 e. The zero-order valence-electron chi connectivity index (χ0n) is 8.11. The Morgan fingerprint density at radius 1 is 1.43 bits per heavy atom. The van der Waals surface area contributed by atoms with Crippen LogP contribution in [0.25, 0.3) is 5.57 Å². The van der Waals surface area contributed by atoms with Crippen LogP contribution in [0.3, 0.4) is 0 Å². The van der Waals surface area contributed by atoms with Crippen LogP contribution in [0.1, 0.15) is 18.4 Å². The fourth-order valence-corrected chi connectivity index (χ4v) is 2.54. The minimum atomic E-state index is 0.699. The predicted molar refractivity (Wildman–Crippen MR) is 56.7 cm³/mol. The van der Waals surface area contributed by atoms with Gasteiger partial charge < -0.3 is 5.32 Å². The van der Waals surface area contributed by atoms with Crippen LogP contribution in [-0.2, 0) is 0 Å². The van der Waals surface area contributed by atoms with E-state index in [1.54, 1.807) is 0 Å². The van der Waals surface area contributed by atoms with Crippen molar-refractivity contribution in [1.29, 1.82) is 0 Å². The van der Waals surface area contributed by atoms with E-state index < -0.39 is 0 Å². The van der Waals surface area contributed by atoms with Crippen LogP contribution in [0.2, 0.25) is 0 Å². The van der Waals surface area contributed by atoms with Crippen molar-refractivity contribution in [3.05, 3.63) is 36.2 Å². The van der Waals surface area contributed by atoms with E-state index >= 15 is 0 Å². The number of nitrogens with zero attached hydrogens (tertiary/aromatic N) is 1. The number of rotatable bonds is 1. The topological polar surface area (TPSA) is 24.9 Å². The molecular formula is C12H14N2. The van der Waals surface area contributed by atoms with Gasteiger partial charge >= 0.3 is 0 Å². The molecule has 2 heterocycles. The predicted octanol–water partition coefficient (Wildman–Crippen LogP) is 1.85. The fraction of sp³-hybridized carbons (Fsp3) is 0.417. The van der Waals surface area contributed by atoms with Crippen molar-refractivity contribution in [3.63, 3.8) is 0 Å². The van der Waals surface area contributed by atoms with Gasteiger partial charge in [-0.25, -0.2) is 0 Å². The lowest BCUT2D eigenvalue weighted by atomic mass is 10.1. The van der Waals surface area contributed by atoms with Crippen LogP contribution >= 0.6 is 0 Å². The summed E-state index contributed by atoms with van der Waals surface area (Å²) < 4.78 is 0. The first-order valence-electron chi connectivity index (χ1n) is 5.28. The summed E-state index contributed by atoms with van der Waals surface area (Å²) in [6.45, 7) is 1.19. The summed E-state index contributed by atoms with van der Waals surface area (Å²) in [4.78, 5) is 4.16. The van der Waals surface area contributed by atoms with Gasteiger partial charge in [0.1, 0.15) is 0 Å². The van der Waals surface area contributed by atoms with Crippen LogP contribution in [0.5, 0.6) is 0 Å². The van der Waals surface area contributed by atoms with E-state index in [1.807, 2.05) is 18.5 Å². The highest BCUT2D eigenvalue weighted by atomic mass is 15.0. The van der Waals surface area contributed by atoms with Crippen LogP contribution in [0.4, 0.5) is 0 Å². The molecule has 1 aliphatic carbocycles. The summed E-state index contributed by atoms with van der Waals surface area (Å²) in [5.41, 5.74) is 2.77. The molecule has 0 amide bonds. The van der Waals surface area contributed by atoms with Crippen molar-refractivity contribution < 1.29 is 0 Å². The number of pyridine rings is 1. The van der Waals surface area contributed by atoms with Crippen LogP contribution in [0.15, 0.2) is 30.6 Å². The maximum atomic E-state index is 4.16. The van der Waals surface area contributed by atoms with Crippen LogP contribution in [0, 0.1) is 5.92 Å². The Kier molecular flexibility index (Phi) is 1.88. The lowest BCUT2D eigenvalue weighted by Crippen LogP contribution is -2.22. The Morgan fingerprint density at radius 2 is 2.43 bits per heavy atom. The van der Waals surface area contributed by atoms with Gasteiger partial charge in [0.25, 0.3) is 0 Å². The Balaban J connectivity index is 1.88. The highest BCUT2D eigenvalue weighted by Crippen LogP contribution is 2.35. The Morgan fingerprint density at radius 3 is 3.21 bits per heavy atom. The molecule has 2 nitrogen and oxygen atoms in total. The molecule has 1 N–H and O–H groups in total. The SMILES string of the molecule is C1=C(c2cccnc2)C[C@@H]2NCC[C@H]12. The standard InChI is InChI=1S/C12H14N2/c1-2-10(8-13-4-1)11-6-9-3-5-14-12(9)7-11/h1-2,4,6,8-9,12,14H,3,5,7H2/t9-,12+/m1/s1. The summed E-state index contributed by atoms with van der Waals surface area (Å²) in [6, 6.07) is 4.86. The monoisotopic (exact) mass is 186 g/mol. The summed E-state index contributed by atoms with van der Waals surface area (Å²) in [6.07, 6.45) is 8.71. The second kappa shape index (κ2) is 3.21. The van der Waals surface area contributed by atoms with Gasteiger partial charge in [0.05, 0.1) is 0 Å². The smallest absolute Gasteiger partial charge is 0.0342 e. The third kappa shape index (κ3) is 1.26. The molecule has 2 heteroatoms. The van der Waals surface area contributed by atoms with Gasteiger partial charge in [0.15, 0.2) is 0 Å². The molecule has 2 aliphatic rings. The molecular weight excluding hydrogens is 172 g/mol. The van der Waals surface area contributed by atoms with Gasteiger partial charge in [0.2, 0.25) is 0 Å². The molecule has 72 valence electrons. The van der Waals surface area contributed by atoms with E-state index in [0.717, 1.165) is 5.92 Å². The molecule has 1 aliphatic heterocycles. The summed E-state index contributed by atoms with van der Waals surface area (Å²) in [5.74, 6) is 0.769. The molecule has 3 rings (SSSR count). The quantitative estimate of drug-likeness (QED) is 0.724. The average molecular weight is 186 g/mol. The Bertz CT molecular complexity index is 356. The van der Waals surface area contributed by atoms with E-state index in [-0.39, 0.29) is 0 Å². The minimum Gasteiger partial charge on any atom is -0.313 e. The zero-order chi connectivity index (χ0) is 9.38. The van der Waals surface area contributed by atoms with E-state index in [9.17, 15) is 0 Å². The lowest BCUT2D eigenvalue weighted by molar-refractivity contribution is 0.563. The van der Waals surface area contributed by atoms with E-state index in [0.29, 0.717) is 6.04 Å². The summed E-state index contributed by atoms with van der Waals surface area (Å²) in [7, 11) is 0. The summed E-state index contributed by atoms with van der Waals surface area (Å²) >= 11 is 0. The number of fused-ring (bicyclic) bond motifs is 1. The second-order valence-electron chi connectivity index (χ2n) is 4.15. The van der Waals surface area contributed by atoms with Crippen molar-refractivity contribution in [3.8, 4) is 0 Å². The number of nitrogens with one attached hydrogen (secondary N) is 1. The molecule has 1 saturated heterocycles. The maximum Gasteiger partial charge on any atom is 0.0342 e.